The van der Waals surface area contributed by atoms with Gasteiger partial charge in [0.2, 0.25) is 0 Å². The highest BCUT2D eigenvalue weighted by Crippen LogP contribution is 2.31. The van der Waals surface area contributed by atoms with Crippen molar-refractivity contribution in [2.75, 3.05) is 5.32 Å². The van der Waals surface area contributed by atoms with E-state index >= 15 is 0 Å². The van der Waals surface area contributed by atoms with Crippen LogP contribution in [0.3, 0.4) is 0 Å². The molecule has 94 valence electrons. The molecule has 0 saturated heterocycles. The van der Waals surface area contributed by atoms with Gasteiger partial charge in [-0.05, 0) is 29.7 Å². The van der Waals surface area contributed by atoms with E-state index in [4.69, 9.17) is 0 Å². The maximum atomic E-state index is 11.9. The summed E-state index contributed by atoms with van der Waals surface area (Å²) in [6.45, 7) is 0. The molecule has 1 aliphatic heterocycles. The molecule has 1 aliphatic rings. The van der Waals surface area contributed by atoms with Crippen LogP contribution < -0.4 is 10.8 Å². The Labute approximate surface area is 109 Å². The van der Waals surface area contributed by atoms with Crippen LogP contribution in [0.1, 0.15) is 11.3 Å². The summed E-state index contributed by atoms with van der Waals surface area (Å²) in [5, 5.41) is 21.1. The number of carbonyl (C=O) groups is 1. The van der Waals surface area contributed by atoms with Gasteiger partial charge in [-0.3, -0.25) is 4.79 Å². The number of anilines is 1. The van der Waals surface area contributed by atoms with Gasteiger partial charge < -0.3 is 20.3 Å². The maximum Gasteiger partial charge on any atom is 0.488 e. The number of benzene rings is 1. The lowest BCUT2D eigenvalue weighted by Gasteiger charge is -2.03. The lowest BCUT2D eigenvalue weighted by atomic mass is 9.79. The summed E-state index contributed by atoms with van der Waals surface area (Å²) in [4.78, 5) is 14.9. The van der Waals surface area contributed by atoms with E-state index in [0.29, 0.717) is 22.3 Å². The third kappa shape index (κ3) is 2.07. The van der Waals surface area contributed by atoms with Gasteiger partial charge in [0.05, 0.1) is 5.57 Å². The molecule has 1 amide bonds. The molecule has 6 heteroatoms. The summed E-state index contributed by atoms with van der Waals surface area (Å²) in [7, 11) is -1.55. The Hall–Kier alpha value is -2.31. The van der Waals surface area contributed by atoms with Gasteiger partial charge >= 0.3 is 7.12 Å². The predicted molar refractivity (Wildman–Crippen MR) is 73.6 cm³/mol. The van der Waals surface area contributed by atoms with Crippen molar-refractivity contribution < 1.29 is 14.8 Å². The SMILES string of the molecule is O=C1Nc2ccc(B(O)O)cc2C1=Cc1ccc[nH]1. The molecule has 0 fully saturated rings. The van der Waals surface area contributed by atoms with Crippen molar-refractivity contribution in [1.82, 2.24) is 4.98 Å². The molecule has 19 heavy (non-hydrogen) atoms. The summed E-state index contributed by atoms with van der Waals surface area (Å²) in [6.07, 6.45) is 3.50. The molecule has 5 nitrogen and oxygen atoms in total. The number of fused-ring (bicyclic) bond motifs is 1. The second kappa shape index (κ2) is 4.42. The van der Waals surface area contributed by atoms with Crippen LogP contribution in [-0.2, 0) is 4.79 Å². The summed E-state index contributed by atoms with van der Waals surface area (Å²) in [5.74, 6) is -0.200. The first-order valence-electron chi connectivity index (χ1n) is 5.82. The zero-order valence-electron chi connectivity index (χ0n) is 9.92. The van der Waals surface area contributed by atoms with E-state index in [1.54, 1.807) is 30.5 Å². The molecule has 0 aliphatic carbocycles. The highest BCUT2D eigenvalue weighted by molar-refractivity contribution is 6.59. The number of aromatic amines is 1. The topological polar surface area (TPSA) is 85.3 Å². The van der Waals surface area contributed by atoms with Crippen molar-refractivity contribution in [2.24, 2.45) is 0 Å². The number of aromatic nitrogens is 1. The largest absolute Gasteiger partial charge is 0.488 e. The van der Waals surface area contributed by atoms with Gasteiger partial charge in [0.25, 0.3) is 5.91 Å². The zero-order chi connectivity index (χ0) is 13.4. The first kappa shape index (κ1) is 11.8. The second-order valence-electron chi connectivity index (χ2n) is 4.32. The van der Waals surface area contributed by atoms with Gasteiger partial charge in [-0.1, -0.05) is 12.1 Å². The molecule has 0 radical (unpaired) electrons. The average Bonchev–Trinajstić information content (AvgIpc) is 2.98. The van der Waals surface area contributed by atoms with Gasteiger partial charge in [-0.2, -0.15) is 0 Å². The zero-order valence-corrected chi connectivity index (χ0v) is 9.92. The average molecular weight is 254 g/mol. The molecule has 3 rings (SSSR count). The van der Waals surface area contributed by atoms with Crippen molar-refractivity contribution >= 4 is 35.8 Å². The number of carbonyl (C=O) groups excluding carboxylic acids is 1. The third-order valence-corrected chi connectivity index (χ3v) is 3.05. The maximum absolute atomic E-state index is 11.9. The molecule has 4 N–H and O–H groups in total. The number of nitrogens with one attached hydrogen (secondary N) is 2. The smallest absolute Gasteiger partial charge is 0.423 e. The highest BCUT2D eigenvalue weighted by atomic mass is 16.4. The van der Waals surface area contributed by atoms with Crippen LogP contribution in [0.4, 0.5) is 5.69 Å². The van der Waals surface area contributed by atoms with Crippen molar-refractivity contribution in [1.29, 1.82) is 0 Å². The van der Waals surface area contributed by atoms with Crippen molar-refractivity contribution in [2.45, 2.75) is 0 Å². The number of amides is 1. The molecule has 0 unspecified atom stereocenters. The Morgan fingerprint density at radius 2 is 2.05 bits per heavy atom. The monoisotopic (exact) mass is 254 g/mol. The molecule has 0 saturated carbocycles. The molecule has 2 aromatic rings. The van der Waals surface area contributed by atoms with Crippen LogP contribution in [0.15, 0.2) is 36.5 Å². The first-order chi connectivity index (χ1) is 9.15. The van der Waals surface area contributed by atoms with Crippen LogP contribution in [0.5, 0.6) is 0 Å². The minimum absolute atomic E-state index is 0.200. The van der Waals surface area contributed by atoms with Gasteiger partial charge in [0.15, 0.2) is 0 Å². The van der Waals surface area contributed by atoms with Gasteiger partial charge in [0, 0.05) is 23.1 Å². The van der Waals surface area contributed by atoms with Crippen LogP contribution in [0, 0.1) is 0 Å². The Morgan fingerprint density at radius 1 is 1.21 bits per heavy atom. The summed E-state index contributed by atoms with van der Waals surface area (Å²) in [6, 6.07) is 8.53. The normalized spacial score (nSPS) is 15.5. The highest BCUT2D eigenvalue weighted by Gasteiger charge is 2.25. The number of hydrogen-bond donors (Lipinski definition) is 4. The minimum Gasteiger partial charge on any atom is -0.423 e. The van der Waals surface area contributed by atoms with Crippen molar-refractivity contribution in [3.05, 3.63) is 47.8 Å². The van der Waals surface area contributed by atoms with E-state index in [1.807, 2.05) is 12.1 Å². The molecule has 0 spiro atoms. The van der Waals surface area contributed by atoms with Gasteiger partial charge in [-0.15, -0.1) is 0 Å². The third-order valence-electron chi connectivity index (χ3n) is 3.05. The quantitative estimate of drug-likeness (QED) is 0.455. The van der Waals surface area contributed by atoms with Gasteiger partial charge in [-0.25, -0.2) is 0 Å². The Balaban J connectivity index is 2.10. The summed E-state index contributed by atoms with van der Waals surface area (Å²) in [5.41, 5.74) is 3.01. The fourth-order valence-electron chi connectivity index (χ4n) is 2.10. The van der Waals surface area contributed by atoms with Crippen molar-refractivity contribution in [3.63, 3.8) is 0 Å². The van der Waals surface area contributed by atoms with E-state index in [9.17, 15) is 14.8 Å². The second-order valence-corrected chi connectivity index (χ2v) is 4.32. The van der Waals surface area contributed by atoms with E-state index in [0.717, 1.165) is 5.69 Å². The molecule has 0 bridgehead atoms. The Kier molecular flexibility index (Phi) is 2.74. The summed E-state index contributed by atoms with van der Waals surface area (Å²) < 4.78 is 0. The summed E-state index contributed by atoms with van der Waals surface area (Å²) >= 11 is 0. The number of H-pyrrole nitrogens is 1. The first-order valence-corrected chi connectivity index (χ1v) is 5.82. The van der Waals surface area contributed by atoms with Crippen LogP contribution in [0.25, 0.3) is 11.6 Å². The van der Waals surface area contributed by atoms with E-state index in [-0.39, 0.29) is 5.91 Å². The molecule has 0 atom stereocenters. The lowest BCUT2D eigenvalue weighted by Crippen LogP contribution is -2.29. The predicted octanol–water partition coefficient (Wildman–Crippen LogP) is 0.187. The fourth-order valence-corrected chi connectivity index (χ4v) is 2.10. The molecular formula is C13H11BN2O3. The lowest BCUT2D eigenvalue weighted by molar-refractivity contribution is -0.110. The number of hydrogen-bond acceptors (Lipinski definition) is 3. The molecule has 1 aromatic carbocycles. The fraction of sp³-hybridized carbons (Fsp3) is 0. The van der Waals surface area contributed by atoms with E-state index in [1.165, 1.54) is 0 Å². The molecular weight excluding hydrogens is 243 g/mol. The van der Waals surface area contributed by atoms with Gasteiger partial charge in [0.1, 0.15) is 0 Å². The Bertz CT molecular complexity index is 663. The van der Waals surface area contributed by atoms with Crippen LogP contribution in [0.2, 0.25) is 0 Å². The van der Waals surface area contributed by atoms with Crippen LogP contribution >= 0.6 is 0 Å². The molecule has 1 aromatic heterocycles. The van der Waals surface area contributed by atoms with Crippen LogP contribution in [-0.4, -0.2) is 28.1 Å². The van der Waals surface area contributed by atoms with E-state index in [2.05, 4.69) is 10.3 Å². The Morgan fingerprint density at radius 3 is 2.74 bits per heavy atom. The van der Waals surface area contributed by atoms with E-state index < -0.39 is 7.12 Å². The standard InChI is InChI=1S/C13H11BN2O3/c17-13-11(7-9-2-1-5-15-9)10-6-8(14(18)19)3-4-12(10)16-13/h1-7,15,18-19H,(H,16,17). The number of rotatable bonds is 2. The molecule has 2 heterocycles. The minimum atomic E-state index is -1.55. The van der Waals surface area contributed by atoms with Crippen molar-refractivity contribution in [3.8, 4) is 0 Å².